The van der Waals surface area contributed by atoms with Crippen LogP contribution in [0.25, 0.3) is 10.9 Å². The van der Waals surface area contributed by atoms with Gasteiger partial charge in [0.2, 0.25) is 5.91 Å². The normalized spacial score (nSPS) is 10.8. The Hall–Kier alpha value is -2.87. The molecule has 2 aromatic heterocycles. The largest absolute Gasteiger partial charge is 0.356 e. The van der Waals surface area contributed by atoms with Crippen molar-refractivity contribution in [2.75, 3.05) is 6.54 Å². The zero-order valence-corrected chi connectivity index (χ0v) is 14.8. The van der Waals surface area contributed by atoms with Gasteiger partial charge in [0.05, 0.1) is 28.7 Å². The molecule has 0 bridgehead atoms. The fraction of sp³-hybridized carbons (Fsp3) is 0.222. The molecule has 3 aromatic rings. The Morgan fingerprint density at radius 3 is 2.85 bits per heavy atom. The van der Waals surface area contributed by atoms with Gasteiger partial charge in [0.25, 0.3) is 5.56 Å². The van der Waals surface area contributed by atoms with E-state index in [1.54, 1.807) is 6.07 Å². The first-order chi connectivity index (χ1) is 12.4. The molecule has 0 saturated carbocycles. The highest BCUT2D eigenvalue weighted by atomic mass is 32.1. The van der Waals surface area contributed by atoms with Gasteiger partial charge in [-0.3, -0.25) is 19.0 Å². The summed E-state index contributed by atoms with van der Waals surface area (Å²) in [6.45, 7) is 1.83. The van der Waals surface area contributed by atoms with Crippen molar-refractivity contribution in [2.45, 2.75) is 19.9 Å². The third-order valence-electron chi connectivity index (χ3n) is 3.78. The fourth-order valence-corrected chi connectivity index (χ4v) is 3.44. The zero-order chi connectivity index (χ0) is 18.7. The van der Waals surface area contributed by atoms with Crippen molar-refractivity contribution < 1.29 is 14.0 Å². The number of hydrogen-bond acceptors (Lipinski definition) is 5. The van der Waals surface area contributed by atoms with Gasteiger partial charge in [-0.2, -0.15) is 0 Å². The predicted octanol–water partition coefficient (Wildman–Crippen LogP) is 2.16. The van der Waals surface area contributed by atoms with E-state index in [2.05, 4.69) is 10.3 Å². The van der Waals surface area contributed by atoms with Crippen molar-refractivity contribution >= 4 is 33.9 Å². The number of carbonyl (C=O) groups is 2. The Morgan fingerprint density at radius 2 is 2.08 bits per heavy atom. The molecule has 0 radical (unpaired) electrons. The lowest BCUT2D eigenvalue weighted by Crippen LogP contribution is -2.24. The van der Waals surface area contributed by atoms with Crippen molar-refractivity contribution in [3.63, 3.8) is 0 Å². The molecule has 0 fully saturated rings. The van der Waals surface area contributed by atoms with Gasteiger partial charge in [-0.1, -0.05) is 0 Å². The molecule has 1 N–H and O–H groups in total. The molecule has 0 spiro atoms. The van der Waals surface area contributed by atoms with Crippen LogP contribution in [-0.4, -0.2) is 27.8 Å². The molecule has 0 aliphatic rings. The molecule has 0 unspecified atom stereocenters. The van der Waals surface area contributed by atoms with Crippen LogP contribution in [0.5, 0.6) is 0 Å². The van der Waals surface area contributed by atoms with E-state index in [0.717, 1.165) is 4.88 Å². The summed E-state index contributed by atoms with van der Waals surface area (Å²) in [5.41, 5.74) is -0.124. The maximum atomic E-state index is 13.2. The highest BCUT2D eigenvalue weighted by Gasteiger charge is 2.13. The van der Waals surface area contributed by atoms with Crippen molar-refractivity contribution in [3.05, 3.63) is 62.6 Å². The number of rotatable bonds is 6. The molecule has 6 nitrogen and oxygen atoms in total. The van der Waals surface area contributed by atoms with E-state index in [-0.39, 0.29) is 34.7 Å². The minimum absolute atomic E-state index is 0.0964. The number of nitrogens with zero attached hydrogens (tertiary/aromatic N) is 2. The second-order valence-corrected chi connectivity index (χ2v) is 6.93. The number of Topliss-reactive ketones (excluding diaryl/α,β-unsaturated/α-hetero) is 1. The summed E-state index contributed by atoms with van der Waals surface area (Å²) in [6.07, 6.45) is 1.90. The molecule has 0 aliphatic heterocycles. The summed E-state index contributed by atoms with van der Waals surface area (Å²) in [4.78, 5) is 41.3. The molecule has 2 heterocycles. The molecule has 1 amide bonds. The third-order valence-corrected chi connectivity index (χ3v) is 4.97. The Morgan fingerprint density at radius 1 is 1.27 bits per heavy atom. The van der Waals surface area contributed by atoms with Crippen LogP contribution < -0.4 is 10.9 Å². The van der Waals surface area contributed by atoms with E-state index in [1.807, 2.05) is 6.07 Å². The number of thiophene rings is 1. The quantitative estimate of drug-likeness (QED) is 0.672. The SMILES string of the molecule is CC(=O)NCCc1ccc(C(=O)Cn2cnc3cc(F)ccc3c2=O)s1. The molecule has 0 aliphatic carbocycles. The van der Waals surface area contributed by atoms with E-state index < -0.39 is 5.82 Å². The Kier molecular flexibility index (Phi) is 5.22. The average molecular weight is 373 g/mol. The lowest BCUT2D eigenvalue weighted by atomic mass is 10.2. The van der Waals surface area contributed by atoms with Crippen molar-refractivity contribution in [1.29, 1.82) is 0 Å². The number of nitrogens with one attached hydrogen (secondary N) is 1. The summed E-state index contributed by atoms with van der Waals surface area (Å²) in [7, 11) is 0. The number of benzene rings is 1. The van der Waals surface area contributed by atoms with Crippen LogP contribution in [0.3, 0.4) is 0 Å². The number of aromatic nitrogens is 2. The third kappa shape index (κ3) is 4.02. The topological polar surface area (TPSA) is 81.1 Å². The van der Waals surface area contributed by atoms with Gasteiger partial charge >= 0.3 is 0 Å². The maximum Gasteiger partial charge on any atom is 0.261 e. The first-order valence-electron chi connectivity index (χ1n) is 7.95. The molecule has 134 valence electrons. The lowest BCUT2D eigenvalue weighted by Gasteiger charge is -2.05. The highest BCUT2D eigenvalue weighted by molar-refractivity contribution is 7.14. The fourth-order valence-electron chi connectivity index (χ4n) is 2.50. The van der Waals surface area contributed by atoms with Crippen LogP contribution >= 0.6 is 11.3 Å². The van der Waals surface area contributed by atoms with Gasteiger partial charge in [-0.05, 0) is 30.7 Å². The van der Waals surface area contributed by atoms with E-state index in [0.29, 0.717) is 17.8 Å². The average Bonchev–Trinajstić information content (AvgIpc) is 3.06. The number of hydrogen-bond donors (Lipinski definition) is 1. The molecule has 26 heavy (non-hydrogen) atoms. The highest BCUT2D eigenvalue weighted by Crippen LogP contribution is 2.18. The van der Waals surface area contributed by atoms with E-state index in [9.17, 15) is 18.8 Å². The maximum absolute atomic E-state index is 13.2. The minimum Gasteiger partial charge on any atom is -0.356 e. The number of halogens is 1. The molecular weight excluding hydrogens is 357 g/mol. The smallest absolute Gasteiger partial charge is 0.261 e. The summed E-state index contributed by atoms with van der Waals surface area (Å²) in [5, 5.41) is 2.97. The van der Waals surface area contributed by atoms with Crippen LogP contribution in [0, 0.1) is 5.82 Å². The Bertz CT molecular complexity index is 1040. The van der Waals surface area contributed by atoms with Crippen molar-refractivity contribution in [1.82, 2.24) is 14.9 Å². The van der Waals surface area contributed by atoms with Gasteiger partial charge in [-0.15, -0.1) is 11.3 Å². The predicted molar refractivity (Wildman–Crippen MR) is 97.0 cm³/mol. The van der Waals surface area contributed by atoms with Gasteiger partial charge < -0.3 is 5.32 Å². The summed E-state index contributed by atoms with van der Waals surface area (Å²) in [6, 6.07) is 7.29. The second-order valence-electron chi connectivity index (χ2n) is 5.76. The van der Waals surface area contributed by atoms with Gasteiger partial charge in [0.15, 0.2) is 5.78 Å². The van der Waals surface area contributed by atoms with Crippen LogP contribution in [0.2, 0.25) is 0 Å². The second kappa shape index (κ2) is 7.57. The van der Waals surface area contributed by atoms with Crippen LogP contribution in [0.15, 0.2) is 41.5 Å². The van der Waals surface area contributed by atoms with Crippen LogP contribution in [0.1, 0.15) is 21.5 Å². The molecule has 1 aromatic carbocycles. The van der Waals surface area contributed by atoms with Gasteiger partial charge in [0, 0.05) is 24.4 Å². The van der Waals surface area contributed by atoms with E-state index >= 15 is 0 Å². The number of carbonyl (C=O) groups excluding carboxylic acids is 2. The van der Waals surface area contributed by atoms with E-state index in [1.165, 1.54) is 47.4 Å². The molecule has 0 atom stereocenters. The molecule has 3 rings (SSSR count). The lowest BCUT2D eigenvalue weighted by molar-refractivity contribution is -0.118. The zero-order valence-electron chi connectivity index (χ0n) is 14.0. The first-order valence-corrected chi connectivity index (χ1v) is 8.77. The Labute approximate surface area is 152 Å². The van der Waals surface area contributed by atoms with Crippen LogP contribution in [0.4, 0.5) is 4.39 Å². The van der Waals surface area contributed by atoms with Gasteiger partial charge in [-0.25, -0.2) is 9.37 Å². The summed E-state index contributed by atoms with van der Waals surface area (Å²) < 4.78 is 14.4. The first kappa shape index (κ1) is 17.9. The monoisotopic (exact) mass is 373 g/mol. The molecule has 8 heteroatoms. The molecule has 0 saturated heterocycles. The number of ketones is 1. The standard InChI is InChI=1S/C18H16FN3O3S/c1-11(23)20-7-6-13-3-5-17(26-13)16(24)9-22-10-21-15-8-12(19)2-4-14(15)18(22)25/h2-5,8,10H,6-7,9H2,1H3,(H,20,23). The number of fused-ring (bicyclic) bond motifs is 1. The molecular formula is C18H16FN3O3S. The van der Waals surface area contributed by atoms with Crippen molar-refractivity contribution in [3.8, 4) is 0 Å². The van der Waals surface area contributed by atoms with Crippen LogP contribution in [-0.2, 0) is 17.8 Å². The van der Waals surface area contributed by atoms with Crippen molar-refractivity contribution in [2.24, 2.45) is 0 Å². The number of amides is 1. The summed E-state index contributed by atoms with van der Waals surface area (Å²) in [5.74, 6) is -0.768. The van der Waals surface area contributed by atoms with Gasteiger partial charge in [0.1, 0.15) is 5.82 Å². The van der Waals surface area contributed by atoms with E-state index in [4.69, 9.17) is 0 Å². The minimum atomic E-state index is -0.469. The summed E-state index contributed by atoms with van der Waals surface area (Å²) >= 11 is 1.34. The Balaban J connectivity index is 1.74.